The van der Waals surface area contributed by atoms with Gasteiger partial charge < -0.3 is 10.1 Å². The van der Waals surface area contributed by atoms with E-state index in [1.54, 1.807) is 25.1 Å². The average molecular weight is 239 g/mol. The Morgan fingerprint density at radius 2 is 2.38 bits per heavy atom. The molecule has 84 valence electrons. The summed E-state index contributed by atoms with van der Waals surface area (Å²) in [5.41, 5.74) is 1.03. The zero-order valence-electron chi connectivity index (χ0n) is 8.79. The van der Waals surface area contributed by atoms with Crippen molar-refractivity contribution in [1.82, 2.24) is 0 Å². The molecule has 0 radical (unpaired) electrons. The van der Waals surface area contributed by atoms with Crippen LogP contribution in [-0.4, -0.2) is 19.1 Å². The topological polar surface area (TPSA) is 62.1 Å². The van der Waals surface area contributed by atoms with E-state index in [1.165, 1.54) is 0 Å². The van der Waals surface area contributed by atoms with Crippen LogP contribution in [0.5, 0.6) is 0 Å². The lowest BCUT2D eigenvalue weighted by Gasteiger charge is -2.06. The molecule has 1 aromatic carbocycles. The number of hydrogen-bond acceptors (Lipinski definition) is 4. The van der Waals surface area contributed by atoms with Gasteiger partial charge in [-0.05, 0) is 25.1 Å². The summed E-state index contributed by atoms with van der Waals surface area (Å²) in [4.78, 5) is 11.1. The Kier molecular flexibility index (Phi) is 4.62. The van der Waals surface area contributed by atoms with Crippen LogP contribution in [0.3, 0.4) is 0 Å². The van der Waals surface area contributed by atoms with Gasteiger partial charge in [-0.25, -0.2) is 0 Å². The van der Waals surface area contributed by atoms with Crippen molar-refractivity contribution in [3.8, 4) is 6.07 Å². The number of rotatable bonds is 4. The third-order valence-electron chi connectivity index (χ3n) is 1.83. The van der Waals surface area contributed by atoms with Crippen LogP contribution in [0.4, 0.5) is 5.69 Å². The summed E-state index contributed by atoms with van der Waals surface area (Å²) < 4.78 is 4.75. The summed E-state index contributed by atoms with van der Waals surface area (Å²) in [5, 5.41) is 12.0. The molecule has 0 unspecified atom stereocenters. The number of nitriles is 1. The number of ether oxygens (including phenoxy) is 1. The van der Waals surface area contributed by atoms with E-state index in [1.807, 2.05) is 6.07 Å². The largest absolute Gasteiger partial charge is 0.465 e. The molecule has 0 bridgehead atoms. The van der Waals surface area contributed by atoms with Crippen molar-refractivity contribution in [3.63, 3.8) is 0 Å². The van der Waals surface area contributed by atoms with Gasteiger partial charge in [-0.2, -0.15) is 5.26 Å². The first-order valence-electron chi connectivity index (χ1n) is 4.76. The molecule has 1 rings (SSSR count). The van der Waals surface area contributed by atoms with Crippen molar-refractivity contribution < 1.29 is 9.53 Å². The lowest BCUT2D eigenvalue weighted by Crippen LogP contribution is -2.16. The van der Waals surface area contributed by atoms with Gasteiger partial charge in [-0.3, -0.25) is 4.79 Å². The SMILES string of the molecule is CCOC(=O)CNc1ccc(Cl)c(C#N)c1. The lowest BCUT2D eigenvalue weighted by atomic mass is 10.2. The molecule has 5 heteroatoms. The van der Waals surface area contributed by atoms with Crippen LogP contribution >= 0.6 is 11.6 Å². The van der Waals surface area contributed by atoms with Crippen LogP contribution in [0.25, 0.3) is 0 Å². The summed E-state index contributed by atoms with van der Waals surface area (Å²) in [6.45, 7) is 2.17. The molecular weight excluding hydrogens is 228 g/mol. The van der Waals surface area contributed by atoms with Gasteiger partial charge in [0.05, 0.1) is 17.2 Å². The normalized spacial score (nSPS) is 9.31. The third kappa shape index (κ3) is 3.44. The van der Waals surface area contributed by atoms with E-state index in [9.17, 15) is 4.79 Å². The van der Waals surface area contributed by atoms with Crippen LogP contribution in [0.15, 0.2) is 18.2 Å². The molecule has 16 heavy (non-hydrogen) atoms. The Balaban J connectivity index is 2.62. The number of halogens is 1. The highest BCUT2D eigenvalue weighted by atomic mass is 35.5. The zero-order valence-corrected chi connectivity index (χ0v) is 9.54. The minimum absolute atomic E-state index is 0.0698. The van der Waals surface area contributed by atoms with Crippen molar-refractivity contribution in [3.05, 3.63) is 28.8 Å². The first-order valence-corrected chi connectivity index (χ1v) is 5.14. The van der Waals surface area contributed by atoms with Crippen LogP contribution in [0.1, 0.15) is 12.5 Å². The van der Waals surface area contributed by atoms with Crippen LogP contribution < -0.4 is 5.32 Å². The molecule has 0 amide bonds. The molecule has 0 aliphatic carbocycles. The predicted octanol–water partition coefficient (Wildman–Crippen LogP) is 2.19. The van der Waals surface area contributed by atoms with Gasteiger partial charge in [0.2, 0.25) is 0 Å². The number of hydrogen-bond donors (Lipinski definition) is 1. The quantitative estimate of drug-likeness (QED) is 0.817. The van der Waals surface area contributed by atoms with E-state index < -0.39 is 0 Å². The van der Waals surface area contributed by atoms with E-state index in [0.29, 0.717) is 22.9 Å². The van der Waals surface area contributed by atoms with Crippen LogP contribution in [0, 0.1) is 11.3 Å². The van der Waals surface area contributed by atoms with Crippen molar-refractivity contribution >= 4 is 23.3 Å². The Morgan fingerprint density at radius 1 is 1.62 bits per heavy atom. The maximum Gasteiger partial charge on any atom is 0.325 e. The molecule has 0 fully saturated rings. The number of nitrogens with one attached hydrogen (secondary N) is 1. The van der Waals surface area contributed by atoms with E-state index in [2.05, 4.69) is 5.32 Å². The highest BCUT2D eigenvalue weighted by Gasteiger charge is 2.03. The van der Waals surface area contributed by atoms with Crippen molar-refractivity contribution in [1.29, 1.82) is 5.26 Å². The Morgan fingerprint density at radius 3 is 3.00 bits per heavy atom. The Hall–Kier alpha value is -1.73. The number of carbonyl (C=O) groups excluding carboxylic acids is 1. The van der Waals surface area contributed by atoms with Gasteiger partial charge in [-0.1, -0.05) is 11.6 Å². The number of anilines is 1. The van der Waals surface area contributed by atoms with Crippen LogP contribution in [0.2, 0.25) is 5.02 Å². The van der Waals surface area contributed by atoms with Gasteiger partial charge in [-0.15, -0.1) is 0 Å². The number of nitrogens with zero attached hydrogens (tertiary/aromatic N) is 1. The highest BCUT2D eigenvalue weighted by Crippen LogP contribution is 2.19. The fourth-order valence-electron chi connectivity index (χ4n) is 1.11. The highest BCUT2D eigenvalue weighted by molar-refractivity contribution is 6.31. The molecule has 0 atom stereocenters. The van der Waals surface area contributed by atoms with Crippen LogP contribution in [-0.2, 0) is 9.53 Å². The molecule has 0 aliphatic rings. The maximum absolute atomic E-state index is 11.1. The van der Waals surface area contributed by atoms with Crippen molar-refractivity contribution in [2.75, 3.05) is 18.5 Å². The molecule has 1 aromatic rings. The monoisotopic (exact) mass is 238 g/mol. The fraction of sp³-hybridized carbons (Fsp3) is 0.273. The first kappa shape index (κ1) is 12.3. The summed E-state index contributed by atoms with van der Waals surface area (Å²) in [6.07, 6.45) is 0. The molecule has 0 aliphatic heterocycles. The minimum atomic E-state index is -0.337. The second-order valence-corrected chi connectivity index (χ2v) is 3.37. The van der Waals surface area contributed by atoms with Gasteiger partial charge in [0.15, 0.2) is 0 Å². The smallest absolute Gasteiger partial charge is 0.325 e. The summed E-state index contributed by atoms with van der Waals surface area (Å²) >= 11 is 5.77. The minimum Gasteiger partial charge on any atom is -0.465 e. The maximum atomic E-state index is 11.1. The number of esters is 1. The molecule has 0 heterocycles. The summed E-state index contributed by atoms with van der Waals surface area (Å²) in [7, 11) is 0. The van der Waals surface area contributed by atoms with E-state index in [4.69, 9.17) is 21.6 Å². The third-order valence-corrected chi connectivity index (χ3v) is 2.16. The fourth-order valence-corrected chi connectivity index (χ4v) is 1.27. The lowest BCUT2D eigenvalue weighted by molar-refractivity contribution is -0.140. The van der Waals surface area contributed by atoms with E-state index >= 15 is 0 Å². The van der Waals surface area contributed by atoms with Crippen molar-refractivity contribution in [2.45, 2.75) is 6.92 Å². The Labute approximate surface area is 98.8 Å². The second kappa shape index (κ2) is 5.99. The molecule has 1 N–H and O–H groups in total. The molecule has 0 spiro atoms. The molecule has 0 aromatic heterocycles. The average Bonchev–Trinajstić information content (AvgIpc) is 2.28. The summed E-state index contributed by atoms with van der Waals surface area (Å²) in [5.74, 6) is -0.337. The van der Waals surface area contributed by atoms with E-state index in [0.717, 1.165) is 0 Å². The molecule has 0 saturated heterocycles. The second-order valence-electron chi connectivity index (χ2n) is 2.97. The molecule has 4 nitrogen and oxygen atoms in total. The van der Waals surface area contributed by atoms with Gasteiger partial charge in [0, 0.05) is 5.69 Å². The first-order chi connectivity index (χ1) is 7.67. The van der Waals surface area contributed by atoms with Crippen molar-refractivity contribution in [2.24, 2.45) is 0 Å². The standard InChI is InChI=1S/C11H11ClN2O2/c1-2-16-11(15)7-14-9-3-4-10(12)8(5-9)6-13/h3-5,14H,2,7H2,1H3. The van der Waals surface area contributed by atoms with Gasteiger partial charge in [0.25, 0.3) is 0 Å². The number of benzene rings is 1. The zero-order chi connectivity index (χ0) is 12.0. The molecular formula is C11H11ClN2O2. The summed E-state index contributed by atoms with van der Waals surface area (Å²) in [6, 6.07) is 6.85. The predicted molar refractivity (Wildman–Crippen MR) is 61.3 cm³/mol. The molecule has 0 saturated carbocycles. The van der Waals surface area contributed by atoms with Gasteiger partial charge >= 0.3 is 5.97 Å². The number of carbonyl (C=O) groups is 1. The Bertz CT molecular complexity index is 426. The van der Waals surface area contributed by atoms with E-state index in [-0.39, 0.29) is 12.5 Å². The van der Waals surface area contributed by atoms with Gasteiger partial charge in [0.1, 0.15) is 12.6 Å².